The molecule has 0 radical (unpaired) electrons. The first-order chi connectivity index (χ1) is 37.9. The maximum Gasteiger partial charge on any atom is 0.135 e. The predicted molar refractivity (Wildman–Crippen MR) is 323 cm³/mol. The van der Waals surface area contributed by atoms with Crippen molar-refractivity contribution in [1.29, 1.82) is 0 Å². The van der Waals surface area contributed by atoms with E-state index in [9.17, 15) is 0 Å². The molecular formula is C73H48N2O2. The fourth-order valence-electron chi connectivity index (χ4n) is 13.0. The molecule has 0 atom stereocenters. The number of hydrogen-bond donors (Lipinski definition) is 0. The second kappa shape index (κ2) is 16.6. The van der Waals surface area contributed by atoms with Gasteiger partial charge in [-0.15, -0.1) is 0 Å². The van der Waals surface area contributed by atoms with E-state index in [1.807, 2.05) is 12.1 Å². The third-order valence-electron chi connectivity index (χ3n) is 16.6. The van der Waals surface area contributed by atoms with E-state index >= 15 is 0 Å². The monoisotopic (exact) mass is 984 g/mol. The smallest absolute Gasteiger partial charge is 0.135 e. The highest BCUT2D eigenvalue weighted by Crippen LogP contribution is 2.57. The lowest BCUT2D eigenvalue weighted by Crippen LogP contribution is -2.24. The fraction of sp³-hybridized carbons (Fsp3) is 0.0411. The Labute approximate surface area is 444 Å². The van der Waals surface area contributed by atoms with Crippen molar-refractivity contribution in [3.63, 3.8) is 0 Å². The van der Waals surface area contributed by atoms with Crippen molar-refractivity contribution < 1.29 is 8.83 Å². The van der Waals surface area contributed by atoms with E-state index in [1.54, 1.807) is 0 Å². The molecule has 0 saturated heterocycles. The minimum Gasteiger partial charge on any atom is -0.456 e. The van der Waals surface area contributed by atoms with Crippen molar-refractivity contribution in [3.05, 3.63) is 266 Å². The van der Waals surface area contributed by atoms with Gasteiger partial charge in [-0.05, 0) is 151 Å². The standard InChI is InChI=1S/C73H48N2O2/c1-73(2)62-28-16-27-56-59-41-48(74(64-29-14-21-45-17-6-8-23-52(45)64)49-35-39-68-60(42-49)54-25-10-12-31-66(54)76-68)33-37-57(59)70(47-19-4-3-5-20-47)72(71(56)62)58-38-34-51(44-63(58)73)75(65-30-15-22-46-18-7-9-24-53(46)65)50-36-40-69-61(43-50)55-26-11-13-32-67(55)77-69/h3-44H,1-2H3. The van der Waals surface area contributed by atoms with Crippen LogP contribution in [0.3, 0.4) is 0 Å². The Hall–Kier alpha value is -9.90. The van der Waals surface area contributed by atoms with Crippen molar-refractivity contribution >= 4 is 121 Å². The molecule has 362 valence electrons. The predicted octanol–water partition coefficient (Wildman–Crippen LogP) is 21.0. The summed E-state index contributed by atoms with van der Waals surface area (Å²) in [6.07, 6.45) is 0. The van der Waals surface area contributed by atoms with Crippen LogP contribution < -0.4 is 9.80 Å². The largest absolute Gasteiger partial charge is 0.456 e. The van der Waals surface area contributed by atoms with Gasteiger partial charge < -0.3 is 18.6 Å². The van der Waals surface area contributed by atoms with Gasteiger partial charge in [0.05, 0.1) is 11.4 Å². The summed E-state index contributed by atoms with van der Waals surface area (Å²) in [5, 5.41) is 14.1. The van der Waals surface area contributed by atoms with Gasteiger partial charge in [-0.1, -0.05) is 184 Å². The summed E-state index contributed by atoms with van der Waals surface area (Å²) in [4.78, 5) is 4.89. The number of fused-ring (bicyclic) bond motifs is 12. The second-order valence-corrected chi connectivity index (χ2v) is 21.2. The van der Waals surface area contributed by atoms with Crippen molar-refractivity contribution in [2.75, 3.05) is 9.80 Å². The van der Waals surface area contributed by atoms with Crippen LogP contribution in [0.1, 0.15) is 25.0 Å². The summed E-state index contributed by atoms with van der Waals surface area (Å²) in [5.41, 5.74) is 17.2. The molecule has 15 aromatic rings. The Morgan fingerprint density at radius 1 is 0.299 bits per heavy atom. The number of para-hydroxylation sites is 2. The number of benzene rings is 13. The molecule has 0 bridgehead atoms. The van der Waals surface area contributed by atoms with Crippen LogP contribution in [-0.4, -0.2) is 0 Å². The number of furan rings is 2. The highest BCUT2D eigenvalue weighted by atomic mass is 16.3. The highest BCUT2D eigenvalue weighted by molar-refractivity contribution is 6.25. The fourth-order valence-corrected chi connectivity index (χ4v) is 13.0. The maximum atomic E-state index is 6.38. The molecule has 4 heteroatoms. The van der Waals surface area contributed by atoms with Gasteiger partial charge in [0.25, 0.3) is 0 Å². The molecular weight excluding hydrogens is 937 g/mol. The lowest BCUT2D eigenvalue weighted by molar-refractivity contribution is 0.645. The van der Waals surface area contributed by atoms with Crippen LogP contribution in [0.5, 0.6) is 0 Å². The van der Waals surface area contributed by atoms with Gasteiger partial charge >= 0.3 is 0 Å². The molecule has 2 aromatic heterocycles. The first-order valence-electron chi connectivity index (χ1n) is 26.6. The molecule has 0 amide bonds. The van der Waals surface area contributed by atoms with E-state index < -0.39 is 0 Å². The van der Waals surface area contributed by atoms with Crippen LogP contribution in [0, 0.1) is 0 Å². The molecule has 2 heterocycles. The van der Waals surface area contributed by atoms with Gasteiger partial charge in [-0.3, -0.25) is 0 Å². The zero-order chi connectivity index (χ0) is 50.9. The number of rotatable bonds is 7. The minimum atomic E-state index is -0.385. The van der Waals surface area contributed by atoms with Gasteiger partial charge in [0.1, 0.15) is 22.3 Å². The van der Waals surface area contributed by atoms with Crippen molar-refractivity contribution in [2.24, 2.45) is 0 Å². The molecule has 1 aliphatic carbocycles. The maximum absolute atomic E-state index is 6.38. The van der Waals surface area contributed by atoms with E-state index in [2.05, 4.69) is 266 Å². The van der Waals surface area contributed by atoms with Gasteiger partial charge in [0, 0.05) is 60.5 Å². The summed E-state index contributed by atoms with van der Waals surface area (Å²) in [6, 6.07) is 93.1. The van der Waals surface area contributed by atoms with Gasteiger partial charge in [0.2, 0.25) is 0 Å². The Kier molecular flexibility index (Phi) is 9.35. The van der Waals surface area contributed by atoms with Crippen LogP contribution in [0.4, 0.5) is 34.1 Å². The average molecular weight is 985 g/mol. The second-order valence-electron chi connectivity index (χ2n) is 21.2. The average Bonchev–Trinajstić information content (AvgIpc) is 4.14. The van der Waals surface area contributed by atoms with Crippen LogP contribution in [0.2, 0.25) is 0 Å². The first kappa shape index (κ1) is 43.5. The molecule has 0 saturated carbocycles. The summed E-state index contributed by atoms with van der Waals surface area (Å²) in [7, 11) is 0. The molecule has 13 aromatic carbocycles. The summed E-state index contributed by atoms with van der Waals surface area (Å²) >= 11 is 0. The molecule has 1 aliphatic rings. The molecule has 4 nitrogen and oxygen atoms in total. The molecule has 0 aliphatic heterocycles. The lowest BCUT2D eigenvalue weighted by Gasteiger charge is -2.38. The van der Waals surface area contributed by atoms with E-state index in [1.165, 1.54) is 76.5 Å². The molecule has 0 spiro atoms. The van der Waals surface area contributed by atoms with E-state index in [-0.39, 0.29) is 5.41 Å². The zero-order valence-electron chi connectivity index (χ0n) is 42.5. The molecule has 16 rings (SSSR count). The summed E-state index contributed by atoms with van der Waals surface area (Å²) < 4.78 is 12.8. The lowest BCUT2D eigenvalue weighted by atomic mass is 9.66. The molecule has 77 heavy (non-hydrogen) atoms. The van der Waals surface area contributed by atoms with E-state index in [4.69, 9.17) is 8.83 Å². The van der Waals surface area contributed by atoms with Gasteiger partial charge in [-0.2, -0.15) is 0 Å². The first-order valence-corrected chi connectivity index (χ1v) is 26.6. The topological polar surface area (TPSA) is 32.8 Å². The Balaban J connectivity index is 0.944. The SMILES string of the molecule is CC1(C)c2cc(N(c3ccc4oc5ccccc5c4c3)c3cccc4ccccc34)ccc2-c2c(-c3ccccc3)c3ccc(N(c4ccc5oc6ccccc6c5c4)c4cccc5ccccc45)cc3c3cccc1c23. The molecule has 0 fully saturated rings. The Morgan fingerprint density at radius 2 is 0.753 bits per heavy atom. The third kappa shape index (κ3) is 6.52. The third-order valence-corrected chi connectivity index (χ3v) is 16.6. The van der Waals surface area contributed by atoms with Gasteiger partial charge in [0.15, 0.2) is 0 Å². The Bertz CT molecular complexity index is 4920. The van der Waals surface area contributed by atoms with E-state index in [0.717, 1.165) is 78.0 Å². The number of hydrogen-bond acceptors (Lipinski definition) is 4. The highest BCUT2D eigenvalue weighted by Gasteiger charge is 2.37. The normalized spacial score (nSPS) is 12.9. The number of anilines is 6. The molecule has 0 unspecified atom stereocenters. The van der Waals surface area contributed by atoms with E-state index in [0.29, 0.717) is 0 Å². The minimum absolute atomic E-state index is 0.385. The quantitative estimate of drug-likeness (QED) is 0.149. The summed E-state index contributed by atoms with van der Waals surface area (Å²) in [5.74, 6) is 0. The van der Waals surface area contributed by atoms with Gasteiger partial charge in [-0.25, -0.2) is 0 Å². The summed E-state index contributed by atoms with van der Waals surface area (Å²) in [6.45, 7) is 4.83. The van der Waals surface area contributed by atoms with Crippen molar-refractivity contribution in [2.45, 2.75) is 19.3 Å². The van der Waals surface area contributed by atoms with Crippen molar-refractivity contribution in [3.8, 4) is 22.3 Å². The molecule has 0 N–H and O–H groups in total. The van der Waals surface area contributed by atoms with Crippen LogP contribution in [0.25, 0.3) is 109 Å². The number of nitrogens with zero attached hydrogens (tertiary/aromatic N) is 2. The van der Waals surface area contributed by atoms with Crippen LogP contribution >= 0.6 is 0 Å². The Morgan fingerprint density at radius 3 is 1.36 bits per heavy atom. The van der Waals surface area contributed by atoms with Crippen molar-refractivity contribution in [1.82, 2.24) is 0 Å². The van der Waals surface area contributed by atoms with Crippen LogP contribution in [-0.2, 0) is 5.41 Å². The van der Waals surface area contributed by atoms with Crippen LogP contribution in [0.15, 0.2) is 264 Å². The zero-order valence-corrected chi connectivity index (χ0v) is 42.5.